The van der Waals surface area contributed by atoms with Gasteiger partial charge in [-0.15, -0.1) is 0 Å². The first-order valence-corrected chi connectivity index (χ1v) is 17.2. The smallest absolute Gasteiger partial charge is 0.164 e. The SMILES string of the molecule is Cc1nc(-c2ccccc2)nc(-c2cc(-c3nc(-c4ccccc4)nc(-c4ccc(F)cc4)n3)cc(-c3nc(-c4ccccc4)nc(C(C)C)n3)c2)n1. The second-order valence-corrected chi connectivity index (χ2v) is 12.7. The summed E-state index contributed by atoms with van der Waals surface area (Å²) in [6.07, 6.45) is 0. The number of aromatic nitrogens is 9. The van der Waals surface area contributed by atoms with Crippen LogP contribution in [0.15, 0.2) is 133 Å². The highest BCUT2D eigenvalue weighted by Crippen LogP contribution is 2.33. The van der Waals surface area contributed by atoms with Crippen molar-refractivity contribution in [3.63, 3.8) is 0 Å². The largest absolute Gasteiger partial charge is 0.213 e. The highest BCUT2D eigenvalue weighted by Gasteiger charge is 2.19. The second-order valence-electron chi connectivity index (χ2n) is 12.7. The van der Waals surface area contributed by atoms with Crippen LogP contribution < -0.4 is 0 Å². The first-order chi connectivity index (χ1) is 25.9. The van der Waals surface area contributed by atoms with Gasteiger partial charge in [0.15, 0.2) is 40.8 Å². The fraction of sp³-hybridized carbons (Fsp3) is 0.0930. The van der Waals surface area contributed by atoms with E-state index in [4.69, 9.17) is 39.9 Å². The number of rotatable bonds is 8. The van der Waals surface area contributed by atoms with Crippen LogP contribution in [0.3, 0.4) is 0 Å². The van der Waals surface area contributed by atoms with E-state index in [0.29, 0.717) is 74.7 Å². The molecule has 0 radical (unpaired) electrons. The van der Waals surface area contributed by atoms with E-state index in [1.54, 1.807) is 12.1 Å². The Hall–Kier alpha value is -6.94. The number of aryl methyl sites for hydroxylation is 1. The number of nitrogens with zero attached hydrogens (tertiary/aromatic N) is 9. The Morgan fingerprint density at radius 3 is 1.06 bits per heavy atom. The fourth-order valence-corrected chi connectivity index (χ4v) is 5.79. The standard InChI is InChI=1S/C43H32FN9/c1-26(2)36-47-38(29-15-9-5-10-16-29)51-42(48-36)33-23-32(41-46-27(3)45-37(49-41)28-13-7-4-8-14-28)24-34(25-33)43-52-39(30-17-11-6-12-18-30)50-40(53-43)31-19-21-35(44)22-20-31/h4-26H,1-3H3. The van der Waals surface area contributed by atoms with Gasteiger partial charge in [0.25, 0.3) is 0 Å². The number of hydrogen-bond donors (Lipinski definition) is 0. The Labute approximate surface area is 305 Å². The third-order valence-corrected chi connectivity index (χ3v) is 8.46. The van der Waals surface area contributed by atoms with Crippen LogP contribution >= 0.6 is 0 Å². The lowest BCUT2D eigenvalue weighted by molar-refractivity contribution is 0.628. The van der Waals surface area contributed by atoms with Gasteiger partial charge in [-0.1, -0.05) is 105 Å². The summed E-state index contributed by atoms with van der Waals surface area (Å²) in [5.74, 6) is 4.26. The molecule has 0 aliphatic heterocycles. The molecule has 5 aromatic carbocycles. The van der Waals surface area contributed by atoms with E-state index in [2.05, 4.69) is 18.8 Å². The van der Waals surface area contributed by atoms with Crippen LogP contribution in [0.2, 0.25) is 0 Å². The molecule has 0 fully saturated rings. The maximum Gasteiger partial charge on any atom is 0.164 e. The van der Waals surface area contributed by atoms with Gasteiger partial charge in [-0.2, -0.15) is 0 Å². The van der Waals surface area contributed by atoms with E-state index in [1.807, 2.05) is 116 Å². The lowest BCUT2D eigenvalue weighted by Crippen LogP contribution is -2.05. The summed E-state index contributed by atoms with van der Waals surface area (Å²) < 4.78 is 14.0. The molecule has 0 saturated carbocycles. The molecule has 0 spiro atoms. The quantitative estimate of drug-likeness (QED) is 0.153. The molecule has 3 heterocycles. The summed E-state index contributed by atoms with van der Waals surface area (Å²) in [4.78, 5) is 43.9. The van der Waals surface area contributed by atoms with E-state index in [9.17, 15) is 4.39 Å². The van der Waals surface area contributed by atoms with E-state index in [1.165, 1.54) is 12.1 Å². The molecule has 0 amide bonds. The van der Waals surface area contributed by atoms with Crippen molar-refractivity contribution in [1.29, 1.82) is 0 Å². The number of hydrogen-bond acceptors (Lipinski definition) is 9. The number of benzene rings is 5. The zero-order valence-electron chi connectivity index (χ0n) is 29.2. The van der Waals surface area contributed by atoms with Gasteiger partial charge in [0.1, 0.15) is 17.5 Å². The molecular formula is C43H32FN9. The lowest BCUT2D eigenvalue weighted by atomic mass is 10.0. The van der Waals surface area contributed by atoms with Crippen molar-refractivity contribution < 1.29 is 4.39 Å². The third kappa shape index (κ3) is 7.29. The molecule has 0 N–H and O–H groups in total. The minimum absolute atomic E-state index is 0.0386. The molecule has 8 rings (SSSR count). The summed E-state index contributed by atoms with van der Waals surface area (Å²) in [7, 11) is 0. The molecule has 0 unspecified atom stereocenters. The fourth-order valence-electron chi connectivity index (χ4n) is 5.79. The first-order valence-electron chi connectivity index (χ1n) is 17.2. The predicted octanol–water partition coefficient (Wildman–Crippen LogP) is 9.48. The second kappa shape index (κ2) is 14.4. The topological polar surface area (TPSA) is 116 Å². The molecule has 0 atom stereocenters. The Morgan fingerprint density at radius 1 is 0.358 bits per heavy atom. The zero-order valence-corrected chi connectivity index (χ0v) is 29.2. The van der Waals surface area contributed by atoms with Gasteiger partial charge >= 0.3 is 0 Å². The van der Waals surface area contributed by atoms with Gasteiger partial charge in [-0.25, -0.2) is 49.2 Å². The maximum atomic E-state index is 14.0. The summed E-state index contributed by atoms with van der Waals surface area (Å²) in [5.41, 5.74) is 5.26. The van der Waals surface area contributed by atoms with Crippen molar-refractivity contribution in [2.45, 2.75) is 26.7 Å². The van der Waals surface area contributed by atoms with Crippen LogP contribution in [0.4, 0.5) is 4.39 Å². The highest BCUT2D eigenvalue weighted by atomic mass is 19.1. The van der Waals surface area contributed by atoms with Gasteiger partial charge in [-0.05, 0) is 49.4 Å². The molecular weight excluding hydrogens is 662 g/mol. The molecule has 10 heteroatoms. The van der Waals surface area contributed by atoms with Gasteiger partial charge < -0.3 is 0 Å². The van der Waals surface area contributed by atoms with Crippen LogP contribution in [-0.4, -0.2) is 44.9 Å². The monoisotopic (exact) mass is 693 g/mol. The van der Waals surface area contributed by atoms with Gasteiger partial charge in [0.2, 0.25) is 0 Å². The van der Waals surface area contributed by atoms with Crippen molar-refractivity contribution in [3.8, 4) is 79.7 Å². The normalized spacial score (nSPS) is 11.2. The van der Waals surface area contributed by atoms with Crippen LogP contribution in [0.1, 0.15) is 31.4 Å². The van der Waals surface area contributed by atoms with E-state index >= 15 is 0 Å². The Morgan fingerprint density at radius 2 is 0.660 bits per heavy atom. The average Bonchev–Trinajstić information content (AvgIpc) is 3.21. The van der Waals surface area contributed by atoms with Crippen LogP contribution in [0.5, 0.6) is 0 Å². The van der Waals surface area contributed by atoms with E-state index in [0.717, 1.165) is 16.7 Å². The Balaban J connectivity index is 1.38. The molecule has 0 bridgehead atoms. The molecule has 53 heavy (non-hydrogen) atoms. The third-order valence-electron chi connectivity index (χ3n) is 8.46. The van der Waals surface area contributed by atoms with Crippen molar-refractivity contribution >= 4 is 0 Å². The molecule has 9 nitrogen and oxygen atoms in total. The molecule has 8 aromatic rings. The minimum atomic E-state index is -0.348. The summed E-state index contributed by atoms with van der Waals surface area (Å²) in [5, 5.41) is 0. The Kier molecular flexibility index (Phi) is 9.00. The van der Waals surface area contributed by atoms with Gasteiger partial charge in [0, 0.05) is 44.9 Å². The van der Waals surface area contributed by atoms with Crippen molar-refractivity contribution in [1.82, 2.24) is 44.9 Å². The van der Waals surface area contributed by atoms with E-state index in [-0.39, 0.29) is 11.7 Å². The molecule has 0 aliphatic rings. The maximum absolute atomic E-state index is 14.0. The van der Waals surface area contributed by atoms with Gasteiger partial charge in [-0.3, -0.25) is 0 Å². The molecule has 256 valence electrons. The van der Waals surface area contributed by atoms with Crippen LogP contribution in [0, 0.1) is 12.7 Å². The molecule has 3 aromatic heterocycles. The summed E-state index contributed by atoms with van der Waals surface area (Å²) >= 11 is 0. The van der Waals surface area contributed by atoms with E-state index < -0.39 is 0 Å². The summed E-state index contributed by atoms with van der Waals surface area (Å²) in [6.45, 7) is 5.96. The lowest BCUT2D eigenvalue weighted by Gasteiger charge is -2.13. The van der Waals surface area contributed by atoms with Crippen LogP contribution in [-0.2, 0) is 0 Å². The Bertz CT molecular complexity index is 2550. The summed E-state index contributed by atoms with van der Waals surface area (Å²) in [6, 6.07) is 41.3. The molecule has 0 saturated heterocycles. The van der Waals surface area contributed by atoms with Gasteiger partial charge in [0.05, 0.1) is 0 Å². The predicted molar refractivity (Wildman–Crippen MR) is 203 cm³/mol. The molecule has 0 aliphatic carbocycles. The first kappa shape index (κ1) is 33.2. The number of halogens is 1. The van der Waals surface area contributed by atoms with Crippen LogP contribution in [0.25, 0.3) is 79.7 Å². The highest BCUT2D eigenvalue weighted by molar-refractivity contribution is 5.77. The van der Waals surface area contributed by atoms with Crippen molar-refractivity contribution in [3.05, 3.63) is 151 Å². The van der Waals surface area contributed by atoms with Crippen molar-refractivity contribution in [2.24, 2.45) is 0 Å². The minimum Gasteiger partial charge on any atom is -0.213 e. The average molecular weight is 694 g/mol. The van der Waals surface area contributed by atoms with Crippen molar-refractivity contribution in [2.75, 3.05) is 0 Å². The zero-order chi connectivity index (χ0) is 36.3.